The molecule has 22 heavy (non-hydrogen) atoms. The van der Waals surface area contributed by atoms with Gasteiger partial charge in [0, 0.05) is 27.2 Å². The molecule has 0 atom stereocenters. The number of nitro benzene ring substituents is 1. The number of rotatable bonds is 5. The molecule has 114 valence electrons. The summed E-state index contributed by atoms with van der Waals surface area (Å²) in [6.45, 7) is 1.34. The second-order valence-corrected chi connectivity index (χ2v) is 5.45. The van der Waals surface area contributed by atoms with Gasteiger partial charge in [-0.2, -0.15) is 0 Å². The first-order chi connectivity index (χ1) is 10.4. The third-order valence-electron chi connectivity index (χ3n) is 2.93. The number of ether oxygens (including phenoxy) is 1. The van der Waals surface area contributed by atoms with Crippen molar-refractivity contribution in [1.29, 1.82) is 0 Å². The largest absolute Gasteiger partial charge is 0.485 e. The number of carbonyl (C=O) groups is 1. The fourth-order valence-electron chi connectivity index (χ4n) is 1.82. The Hall–Kier alpha value is -2.11. The molecule has 7 heteroatoms. The average molecular weight is 340 g/mol. The Morgan fingerprint density at radius 1 is 1.18 bits per heavy atom. The number of hydrogen-bond donors (Lipinski definition) is 0. The van der Waals surface area contributed by atoms with E-state index in [1.54, 1.807) is 13.0 Å². The van der Waals surface area contributed by atoms with Gasteiger partial charge in [-0.15, -0.1) is 0 Å². The Morgan fingerprint density at radius 2 is 1.82 bits per heavy atom. The Bertz CT molecular complexity index is 726. The van der Waals surface area contributed by atoms with Gasteiger partial charge < -0.3 is 4.74 Å². The lowest BCUT2D eigenvalue weighted by molar-refractivity contribution is -0.385. The van der Waals surface area contributed by atoms with E-state index < -0.39 is 4.92 Å². The summed E-state index contributed by atoms with van der Waals surface area (Å²) in [5.74, 6) is -0.0216. The maximum Gasteiger partial charge on any atom is 0.273 e. The molecule has 0 aliphatic rings. The molecule has 0 fully saturated rings. The molecule has 2 aromatic carbocycles. The van der Waals surface area contributed by atoms with Crippen LogP contribution in [0.1, 0.15) is 15.9 Å². The molecular formula is C15H11Cl2NO4. The van der Waals surface area contributed by atoms with Gasteiger partial charge in [0.05, 0.1) is 4.92 Å². The van der Waals surface area contributed by atoms with Crippen LogP contribution in [0.5, 0.6) is 5.75 Å². The summed E-state index contributed by atoms with van der Waals surface area (Å²) < 4.78 is 5.33. The zero-order chi connectivity index (χ0) is 16.3. The van der Waals surface area contributed by atoms with Crippen molar-refractivity contribution in [3.63, 3.8) is 0 Å². The lowest BCUT2D eigenvalue weighted by atomic mass is 10.1. The first kappa shape index (κ1) is 16.3. The second-order valence-electron chi connectivity index (χ2n) is 4.58. The van der Waals surface area contributed by atoms with Crippen LogP contribution in [0, 0.1) is 17.0 Å². The van der Waals surface area contributed by atoms with Crippen LogP contribution in [0.25, 0.3) is 0 Å². The molecular weight excluding hydrogens is 329 g/mol. The van der Waals surface area contributed by atoms with Gasteiger partial charge in [-0.25, -0.2) is 0 Å². The maximum absolute atomic E-state index is 12.1. The van der Waals surface area contributed by atoms with Crippen LogP contribution >= 0.6 is 23.2 Å². The summed E-state index contributed by atoms with van der Waals surface area (Å²) in [4.78, 5) is 22.4. The predicted molar refractivity (Wildman–Crippen MR) is 84.1 cm³/mol. The number of benzene rings is 2. The summed E-state index contributed by atoms with van der Waals surface area (Å²) in [7, 11) is 0. The van der Waals surface area contributed by atoms with Crippen molar-refractivity contribution in [2.24, 2.45) is 0 Å². The number of nitrogens with zero attached hydrogens (tertiary/aromatic N) is 1. The fourth-order valence-corrected chi connectivity index (χ4v) is 2.33. The van der Waals surface area contributed by atoms with Gasteiger partial charge >= 0.3 is 0 Å². The van der Waals surface area contributed by atoms with Crippen molar-refractivity contribution in [3.05, 3.63) is 67.7 Å². The zero-order valence-corrected chi connectivity index (χ0v) is 13.0. The normalized spacial score (nSPS) is 10.3. The van der Waals surface area contributed by atoms with Gasteiger partial charge in [0.15, 0.2) is 12.4 Å². The molecule has 0 amide bonds. The highest BCUT2D eigenvalue weighted by molar-refractivity contribution is 6.34. The number of Topliss-reactive ketones (excluding diaryl/α,β-unsaturated/α-hetero) is 1. The van der Waals surface area contributed by atoms with Gasteiger partial charge in [-0.1, -0.05) is 35.3 Å². The zero-order valence-electron chi connectivity index (χ0n) is 11.5. The molecule has 2 rings (SSSR count). The minimum Gasteiger partial charge on any atom is -0.485 e. The van der Waals surface area contributed by atoms with E-state index in [1.807, 2.05) is 0 Å². The number of nitro groups is 1. The predicted octanol–water partition coefficient (Wildman–Crippen LogP) is 4.47. The van der Waals surface area contributed by atoms with E-state index in [0.717, 1.165) is 0 Å². The quantitative estimate of drug-likeness (QED) is 0.457. The number of hydrogen-bond acceptors (Lipinski definition) is 4. The molecule has 0 heterocycles. The Morgan fingerprint density at radius 3 is 2.41 bits per heavy atom. The van der Waals surface area contributed by atoms with Crippen LogP contribution < -0.4 is 4.74 Å². The molecule has 0 saturated heterocycles. The molecule has 0 aliphatic heterocycles. The number of aryl methyl sites for hydroxylation is 1. The van der Waals surface area contributed by atoms with Crippen molar-refractivity contribution in [2.45, 2.75) is 6.92 Å². The van der Waals surface area contributed by atoms with Crippen LogP contribution in [0.3, 0.4) is 0 Å². The lowest BCUT2D eigenvalue weighted by Crippen LogP contribution is -2.12. The summed E-state index contributed by atoms with van der Waals surface area (Å²) in [6, 6.07) is 8.89. The smallest absolute Gasteiger partial charge is 0.273 e. The highest BCUT2D eigenvalue weighted by atomic mass is 35.5. The SMILES string of the molecule is Cc1ccc(C(=O)COc2cc(Cl)cc(Cl)c2)cc1[N+](=O)[O-]. The van der Waals surface area contributed by atoms with E-state index in [4.69, 9.17) is 27.9 Å². The van der Waals surface area contributed by atoms with Gasteiger partial charge in [0.25, 0.3) is 5.69 Å². The van der Waals surface area contributed by atoms with Crippen molar-refractivity contribution in [1.82, 2.24) is 0 Å². The van der Waals surface area contributed by atoms with Crippen LogP contribution in [-0.4, -0.2) is 17.3 Å². The van der Waals surface area contributed by atoms with E-state index in [2.05, 4.69) is 0 Å². The van der Waals surface area contributed by atoms with Gasteiger partial charge in [0.1, 0.15) is 5.75 Å². The van der Waals surface area contributed by atoms with Crippen molar-refractivity contribution in [3.8, 4) is 5.75 Å². The van der Waals surface area contributed by atoms with Crippen LogP contribution in [0.2, 0.25) is 10.0 Å². The fraction of sp³-hybridized carbons (Fsp3) is 0.133. The monoisotopic (exact) mass is 339 g/mol. The van der Waals surface area contributed by atoms with Crippen molar-refractivity contribution >= 4 is 34.7 Å². The summed E-state index contributed by atoms with van der Waals surface area (Å²) in [5.41, 5.74) is 0.603. The van der Waals surface area contributed by atoms with E-state index in [0.29, 0.717) is 21.4 Å². The van der Waals surface area contributed by atoms with Crippen LogP contribution in [0.4, 0.5) is 5.69 Å². The molecule has 0 N–H and O–H groups in total. The molecule has 0 saturated carbocycles. The highest BCUT2D eigenvalue weighted by Gasteiger charge is 2.15. The minimum atomic E-state index is -0.524. The Labute approximate surface area is 136 Å². The number of ketones is 1. The molecule has 0 spiro atoms. The molecule has 5 nitrogen and oxygen atoms in total. The Kier molecular flexibility index (Phi) is 5.00. The number of halogens is 2. The highest BCUT2D eigenvalue weighted by Crippen LogP contribution is 2.24. The summed E-state index contributed by atoms with van der Waals surface area (Å²) in [6.07, 6.45) is 0. The van der Waals surface area contributed by atoms with Crippen LogP contribution in [-0.2, 0) is 0 Å². The summed E-state index contributed by atoms with van der Waals surface area (Å²) in [5, 5.41) is 11.7. The van der Waals surface area contributed by atoms with Crippen molar-refractivity contribution < 1.29 is 14.5 Å². The molecule has 0 aliphatic carbocycles. The second kappa shape index (κ2) is 6.77. The molecule has 0 aromatic heterocycles. The third-order valence-corrected chi connectivity index (χ3v) is 3.37. The van der Waals surface area contributed by atoms with Gasteiger partial charge in [0.2, 0.25) is 0 Å². The standard InChI is InChI=1S/C15H11Cl2NO4/c1-9-2-3-10(4-14(9)18(20)21)15(19)8-22-13-6-11(16)5-12(17)7-13/h2-7H,8H2,1H3. The minimum absolute atomic E-state index is 0.100. The van der Waals surface area contributed by atoms with Gasteiger partial charge in [-0.3, -0.25) is 14.9 Å². The molecule has 0 bridgehead atoms. The first-order valence-corrected chi connectivity index (χ1v) is 6.99. The van der Waals surface area contributed by atoms with Crippen LogP contribution in [0.15, 0.2) is 36.4 Å². The van der Waals surface area contributed by atoms with E-state index in [9.17, 15) is 14.9 Å². The van der Waals surface area contributed by atoms with Gasteiger partial charge in [-0.05, 0) is 25.1 Å². The molecule has 0 unspecified atom stereocenters. The third kappa shape index (κ3) is 3.96. The van der Waals surface area contributed by atoms with Crippen molar-refractivity contribution in [2.75, 3.05) is 6.61 Å². The maximum atomic E-state index is 12.1. The number of carbonyl (C=O) groups excluding carboxylic acids is 1. The molecule has 2 aromatic rings. The first-order valence-electron chi connectivity index (χ1n) is 6.24. The Balaban J connectivity index is 2.12. The molecule has 0 radical (unpaired) electrons. The van der Waals surface area contributed by atoms with E-state index in [-0.39, 0.29) is 23.6 Å². The topological polar surface area (TPSA) is 69.4 Å². The van der Waals surface area contributed by atoms with E-state index >= 15 is 0 Å². The van der Waals surface area contributed by atoms with E-state index in [1.165, 1.54) is 30.3 Å². The lowest BCUT2D eigenvalue weighted by Gasteiger charge is -2.07. The summed E-state index contributed by atoms with van der Waals surface area (Å²) >= 11 is 11.7. The average Bonchev–Trinajstić information content (AvgIpc) is 2.44.